The van der Waals surface area contributed by atoms with Crippen LogP contribution in [-0.2, 0) is 9.53 Å². The Morgan fingerprint density at radius 3 is 2.70 bits per heavy atom. The molecule has 0 aromatic heterocycles. The molecule has 5 heteroatoms. The maximum Gasteiger partial charge on any atom is 0.234 e. The molecule has 3 unspecified atom stereocenters. The van der Waals surface area contributed by atoms with Crippen molar-refractivity contribution >= 4 is 5.91 Å². The molecule has 1 heterocycles. The lowest BCUT2D eigenvalue weighted by molar-refractivity contribution is -0.124. The van der Waals surface area contributed by atoms with Crippen LogP contribution >= 0.6 is 0 Å². The Hall–Kier alpha value is -0.650. The SMILES string of the molecule is CC1CCCCC1OCCNC(=O)CN1CCCC1C(C)(C)O. The summed E-state index contributed by atoms with van der Waals surface area (Å²) in [5.41, 5.74) is -0.753. The van der Waals surface area contributed by atoms with Crippen LogP contribution in [0.5, 0.6) is 0 Å². The van der Waals surface area contributed by atoms with Crippen LogP contribution in [0, 0.1) is 5.92 Å². The van der Waals surface area contributed by atoms with Crippen molar-refractivity contribution in [2.75, 3.05) is 26.2 Å². The van der Waals surface area contributed by atoms with Gasteiger partial charge in [0.15, 0.2) is 0 Å². The van der Waals surface area contributed by atoms with Crippen molar-refractivity contribution in [1.29, 1.82) is 0 Å². The van der Waals surface area contributed by atoms with Crippen LogP contribution in [0.1, 0.15) is 59.3 Å². The van der Waals surface area contributed by atoms with Crippen molar-refractivity contribution < 1.29 is 14.6 Å². The zero-order valence-corrected chi connectivity index (χ0v) is 15.0. The molecule has 0 bridgehead atoms. The molecule has 1 aliphatic heterocycles. The number of nitrogens with zero attached hydrogens (tertiary/aromatic N) is 1. The number of likely N-dealkylation sites (tertiary alicyclic amines) is 1. The molecule has 2 N–H and O–H groups in total. The molecule has 2 fully saturated rings. The molecule has 23 heavy (non-hydrogen) atoms. The van der Waals surface area contributed by atoms with E-state index in [9.17, 15) is 9.90 Å². The molecule has 1 saturated heterocycles. The van der Waals surface area contributed by atoms with Crippen molar-refractivity contribution in [2.45, 2.75) is 77.0 Å². The number of ether oxygens (including phenoxy) is 1. The van der Waals surface area contributed by atoms with Crippen LogP contribution < -0.4 is 5.32 Å². The summed E-state index contributed by atoms with van der Waals surface area (Å²) in [7, 11) is 0. The van der Waals surface area contributed by atoms with Crippen molar-refractivity contribution in [1.82, 2.24) is 10.2 Å². The zero-order chi connectivity index (χ0) is 16.9. The summed E-state index contributed by atoms with van der Waals surface area (Å²) in [6, 6.07) is 0.0765. The maximum atomic E-state index is 12.1. The number of amides is 1. The minimum atomic E-state index is -0.753. The molecule has 0 spiro atoms. The van der Waals surface area contributed by atoms with Crippen molar-refractivity contribution in [3.63, 3.8) is 0 Å². The molecule has 1 aliphatic carbocycles. The fraction of sp³-hybridized carbons (Fsp3) is 0.944. The number of carbonyl (C=O) groups excluding carboxylic acids is 1. The predicted octanol–water partition coefficient (Wildman–Crippen LogP) is 1.93. The molecule has 1 amide bonds. The summed E-state index contributed by atoms with van der Waals surface area (Å²) < 4.78 is 5.92. The molecule has 2 aliphatic rings. The van der Waals surface area contributed by atoms with Gasteiger partial charge in [-0.1, -0.05) is 19.8 Å². The lowest BCUT2D eigenvalue weighted by Crippen LogP contribution is -2.49. The minimum Gasteiger partial charge on any atom is -0.389 e. The first kappa shape index (κ1) is 18.7. The second-order valence-corrected chi connectivity index (χ2v) is 7.80. The second-order valence-electron chi connectivity index (χ2n) is 7.80. The van der Waals surface area contributed by atoms with Gasteiger partial charge in [-0.15, -0.1) is 0 Å². The number of rotatable bonds is 7. The normalized spacial score (nSPS) is 29.7. The van der Waals surface area contributed by atoms with Crippen LogP contribution in [0.3, 0.4) is 0 Å². The molecule has 3 atom stereocenters. The van der Waals surface area contributed by atoms with Crippen LogP contribution in [0.25, 0.3) is 0 Å². The highest BCUT2D eigenvalue weighted by Gasteiger charge is 2.36. The van der Waals surface area contributed by atoms with Gasteiger partial charge in [0, 0.05) is 12.6 Å². The number of carbonyl (C=O) groups is 1. The van der Waals surface area contributed by atoms with E-state index >= 15 is 0 Å². The van der Waals surface area contributed by atoms with E-state index < -0.39 is 5.60 Å². The summed E-state index contributed by atoms with van der Waals surface area (Å²) in [5, 5.41) is 13.1. The molecule has 0 aromatic rings. The summed E-state index contributed by atoms with van der Waals surface area (Å²) >= 11 is 0. The fourth-order valence-electron chi connectivity index (χ4n) is 3.99. The predicted molar refractivity (Wildman–Crippen MR) is 91.3 cm³/mol. The fourth-order valence-corrected chi connectivity index (χ4v) is 3.99. The average molecular weight is 326 g/mol. The van der Waals surface area contributed by atoms with E-state index in [0.29, 0.717) is 31.7 Å². The van der Waals surface area contributed by atoms with Gasteiger partial charge in [-0.25, -0.2) is 0 Å². The average Bonchev–Trinajstić information content (AvgIpc) is 2.93. The molecule has 0 radical (unpaired) electrons. The molecule has 5 nitrogen and oxygen atoms in total. The maximum absolute atomic E-state index is 12.1. The van der Waals surface area contributed by atoms with Gasteiger partial charge >= 0.3 is 0 Å². The Balaban J connectivity index is 1.63. The van der Waals surface area contributed by atoms with Crippen molar-refractivity contribution in [2.24, 2.45) is 5.92 Å². The Morgan fingerprint density at radius 2 is 2.00 bits per heavy atom. The van der Waals surface area contributed by atoms with Crippen molar-refractivity contribution in [3.8, 4) is 0 Å². The third-order valence-electron chi connectivity index (χ3n) is 5.31. The van der Waals surface area contributed by atoms with E-state index in [2.05, 4.69) is 17.1 Å². The zero-order valence-electron chi connectivity index (χ0n) is 15.0. The quantitative estimate of drug-likeness (QED) is 0.702. The van der Waals surface area contributed by atoms with Gasteiger partial charge in [0.05, 0.1) is 24.9 Å². The van der Waals surface area contributed by atoms with Crippen LogP contribution in [0.4, 0.5) is 0 Å². The number of nitrogens with one attached hydrogen (secondary N) is 1. The van der Waals surface area contributed by atoms with Crippen LogP contribution in [0.2, 0.25) is 0 Å². The van der Waals surface area contributed by atoms with Crippen molar-refractivity contribution in [3.05, 3.63) is 0 Å². The highest BCUT2D eigenvalue weighted by atomic mass is 16.5. The van der Waals surface area contributed by atoms with E-state index in [1.165, 1.54) is 19.3 Å². The van der Waals surface area contributed by atoms with Crippen LogP contribution in [0.15, 0.2) is 0 Å². The van der Waals surface area contributed by atoms with Gasteiger partial charge in [0.1, 0.15) is 0 Å². The first-order valence-electron chi connectivity index (χ1n) is 9.22. The Morgan fingerprint density at radius 1 is 1.26 bits per heavy atom. The highest BCUT2D eigenvalue weighted by Crippen LogP contribution is 2.27. The van der Waals surface area contributed by atoms with E-state index in [1.54, 1.807) is 0 Å². The van der Waals surface area contributed by atoms with Gasteiger partial charge in [-0.05, 0) is 52.0 Å². The first-order valence-corrected chi connectivity index (χ1v) is 9.22. The van der Waals surface area contributed by atoms with E-state index in [0.717, 1.165) is 25.8 Å². The highest BCUT2D eigenvalue weighted by molar-refractivity contribution is 5.78. The van der Waals surface area contributed by atoms with E-state index in [-0.39, 0.29) is 11.9 Å². The summed E-state index contributed by atoms with van der Waals surface area (Å²) in [4.78, 5) is 14.2. The Labute approximate surface area is 140 Å². The lowest BCUT2D eigenvalue weighted by Gasteiger charge is -2.33. The summed E-state index contributed by atoms with van der Waals surface area (Å²) in [6.07, 6.45) is 7.34. The topological polar surface area (TPSA) is 61.8 Å². The Kier molecular flexibility index (Phi) is 6.86. The smallest absolute Gasteiger partial charge is 0.234 e. The monoisotopic (exact) mass is 326 g/mol. The summed E-state index contributed by atoms with van der Waals surface area (Å²) in [5.74, 6) is 0.665. The minimum absolute atomic E-state index is 0.0291. The first-order chi connectivity index (χ1) is 10.9. The largest absolute Gasteiger partial charge is 0.389 e. The number of hydrogen-bond donors (Lipinski definition) is 2. The molecule has 134 valence electrons. The lowest BCUT2D eigenvalue weighted by atomic mass is 9.88. The molecule has 0 aromatic carbocycles. The second kappa shape index (κ2) is 8.45. The third-order valence-corrected chi connectivity index (χ3v) is 5.31. The van der Waals surface area contributed by atoms with Gasteiger partial charge in [-0.2, -0.15) is 0 Å². The van der Waals surface area contributed by atoms with Gasteiger partial charge < -0.3 is 15.2 Å². The van der Waals surface area contributed by atoms with Crippen LogP contribution in [-0.4, -0.2) is 59.9 Å². The summed E-state index contributed by atoms with van der Waals surface area (Å²) in [6.45, 7) is 8.33. The standard InChI is InChI=1S/C18H34N2O3/c1-14-7-4-5-8-15(14)23-12-10-19-17(21)13-20-11-6-9-16(20)18(2,3)22/h14-16,22H,4-13H2,1-3H3,(H,19,21). The third kappa shape index (κ3) is 5.73. The van der Waals surface area contributed by atoms with Gasteiger partial charge in [-0.3, -0.25) is 9.69 Å². The molecule has 2 rings (SSSR count). The molecular formula is C18H34N2O3. The van der Waals surface area contributed by atoms with E-state index in [4.69, 9.17) is 4.74 Å². The van der Waals surface area contributed by atoms with E-state index in [1.807, 2.05) is 13.8 Å². The number of aliphatic hydroxyl groups is 1. The molecular weight excluding hydrogens is 292 g/mol. The Bertz CT molecular complexity index is 381. The number of hydrogen-bond acceptors (Lipinski definition) is 4. The van der Waals surface area contributed by atoms with Gasteiger partial charge in [0.2, 0.25) is 5.91 Å². The molecule has 1 saturated carbocycles. The van der Waals surface area contributed by atoms with Gasteiger partial charge in [0.25, 0.3) is 0 Å².